The average molecular weight is 1270 g/mol. The summed E-state index contributed by atoms with van der Waals surface area (Å²) in [4.78, 5) is 9.57. The lowest BCUT2D eigenvalue weighted by molar-refractivity contribution is -0.660. The normalized spacial score (nSPS) is 13.4. The summed E-state index contributed by atoms with van der Waals surface area (Å²) in [5.41, 5.74) is 23.2. The maximum absolute atomic E-state index is 8.13. The molecule has 8 nitrogen and oxygen atoms in total. The van der Waals surface area contributed by atoms with E-state index in [9.17, 15) is 0 Å². The Morgan fingerprint density at radius 1 is 0.309 bits per heavy atom. The van der Waals surface area contributed by atoms with E-state index in [1.165, 1.54) is 16.7 Å². The van der Waals surface area contributed by atoms with Crippen molar-refractivity contribution in [1.29, 1.82) is 0 Å². The first-order chi connectivity index (χ1) is 50.8. The van der Waals surface area contributed by atoms with Crippen LogP contribution in [0.1, 0.15) is 51.3 Å². The van der Waals surface area contributed by atoms with Crippen molar-refractivity contribution in [2.75, 3.05) is 0 Å². The largest absolute Gasteiger partial charge is 0.456 e. The smallest absolute Gasteiger partial charge is 0.227 e. The Hall–Kier alpha value is -11.9. The van der Waals surface area contributed by atoms with Crippen molar-refractivity contribution in [2.24, 2.45) is 21.1 Å². The molecule has 0 spiro atoms. The molecule has 8 heteroatoms. The molecule has 468 valence electrons. The number of nitrogens with zero attached hydrogens (tertiary/aromatic N) is 5. The van der Waals surface area contributed by atoms with Gasteiger partial charge in [0, 0.05) is 90.8 Å². The van der Waals surface area contributed by atoms with E-state index in [1.807, 2.05) is 158 Å². The molecular formula is C89H72N5O3+3. The van der Waals surface area contributed by atoms with Gasteiger partial charge in [-0.1, -0.05) is 151 Å². The molecule has 97 heavy (non-hydrogen) atoms. The number of furan rings is 3. The van der Waals surface area contributed by atoms with Gasteiger partial charge >= 0.3 is 0 Å². The zero-order chi connectivity index (χ0) is 73.8. The van der Waals surface area contributed by atoms with Crippen molar-refractivity contribution >= 4 is 98.7 Å². The van der Waals surface area contributed by atoms with Crippen LogP contribution in [0.3, 0.4) is 0 Å². The maximum atomic E-state index is 8.13. The molecular weight excluding hydrogens is 1190 g/mol. The van der Waals surface area contributed by atoms with Gasteiger partial charge in [0.25, 0.3) is 0 Å². The highest BCUT2D eigenvalue weighted by Gasteiger charge is 2.24. The first-order valence-corrected chi connectivity index (χ1v) is 32.4. The van der Waals surface area contributed by atoms with Crippen LogP contribution in [0.5, 0.6) is 0 Å². The van der Waals surface area contributed by atoms with Crippen molar-refractivity contribution in [3.63, 3.8) is 0 Å². The minimum Gasteiger partial charge on any atom is -0.456 e. The second kappa shape index (κ2) is 24.2. The Balaban J connectivity index is 0.000000122. The van der Waals surface area contributed by atoms with Crippen LogP contribution in [-0.2, 0) is 21.1 Å². The van der Waals surface area contributed by atoms with Crippen molar-refractivity contribution < 1.29 is 39.3 Å². The Morgan fingerprint density at radius 2 is 0.794 bits per heavy atom. The van der Waals surface area contributed by atoms with Crippen LogP contribution >= 0.6 is 0 Å². The fourth-order valence-corrected chi connectivity index (χ4v) is 13.8. The first-order valence-electron chi connectivity index (χ1n) is 36.9. The highest BCUT2D eigenvalue weighted by molar-refractivity contribution is 6.12. The highest BCUT2D eigenvalue weighted by atomic mass is 16.3. The van der Waals surface area contributed by atoms with Crippen LogP contribution in [0.2, 0.25) is 0 Å². The van der Waals surface area contributed by atoms with Gasteiger partial charge in [-0.25, -0.2) is 23.7 Å². The molecule has 0 radical (unpaired) electrons. The van der Waals surface area contributed by atoms with Crippen LogP contribution in [0, 0.1) is 48.3 Å². The lowest BCUT2D eigenvalue weighted by Gasteiger charge is -2.10. The van der Waals surface area contributed by atoms with E-state index >= 15 is 0 Å². The van der Waals surface area contributed by atoms with E-state index in [0.29, 0.717) is 44.8 Å². The molecule has 0 saturated heterocycles. The predicted molar refractivity (Wildman–Crippen MR) is 399 cm³/mol. The van der Waals surface area contributed by atoms with E-state index in [1.54, 1.807) is 24.5 Å². The van der Waals surface area contributed by atoms with Crippen LogP contribution in [-0.4, -0.2) is 9.97 Å². The summed E-state index contributed by atoms with van der Waals surface area (Å²) in [5.74, 6) is 0. The lowest BCUT2D eigenvalue weighted by atomic mass is 9.96. The van der Waals surface area contributed by atoms with Gasteiger partial charge in [0.05, 0.1) is 27.7 Å². The van der Waals surface area contributed by atoms with Gasteiger partial charge in [0.1, 0.15) is 43.5 Å². The molecule has 0 N–H and O–H groups in total. The summed E-state index contributed by atoms with van der Waals surface area (Å²) in [6.45, 7) is 1.69. The highest BCUT2D eigenvalue weighted by Crippen LogP contribution is 2.41. The third kappa shape index (κ3) is 11.0. The van der Waals surface area contributed by atoms with Crippen molar-refractivity contribution in [1.82, 2.24) is 9.97 Å². The molecule has 8 heterocycles. The molecule has 18 aromatic rings. The summed E-state index contributed by atoms with van der Waals surface area (Å²) < 4.78 is 96.7. The lowest BCUT2D eigenvalue weighted by Crippen LogP contribution is -2.31. The molecule has 0 atom stereocenters. The topological polar surface area (TPSA) is 76.8 Å². The number of benzene rings is 10. The zero-order valence-electron chi connectivity index (χ0n) is 63.7. The Morgan fingerprint density at radius 3 is 1.38 bits per heavy atom. The van der Waals surface area contributed by atoms with Crippen molar-refractivity contribution in [2.45, 2.75) is 48.3 Å². The van der Waals surface area contributed by atoms with Crippen LogP contribution < -0.4 is 13.7 Å². The summed E-state index contributed by atoms with van der Waals surface area (Å²) in [6, 6.07) is 78.4. The number of aryl methyl sites for hydroxylation is 10. The fourth-order valence-electron chi connectivity index (χ4n) is 13.8. The van der Waals surface area contributed by atoms with Gasteiger partial charge in [-0.15, -0.1) is 0 Å². The molecule has 10 aromatic carbocycles. The summed E-state index contributed by atoms with van der Waals surface area (Å²) in [5, 5.41) is 10.0. The number of fused-ring (bicyclic) bond motifs is 12. The number of rotatable bonds is 6. The first kappa shape index (κ1) is 50.6. The quantitative estimate of drug-likeness (QED) is 0.155. The average Bonchev–Trinajstić information content (AvgIpc) is 1.76. The molecule has 0 fully saturated rings. The Kier molecular flexibility index (Phi) is 12.6. The molecule has 0 unspecified atom stereocenters. The van der Waals surface area contributed by atoms with Crippen molar-refractivity contribution in [3.05, 3.63) is 294 Å². The summed E-state index contributed by atoms with van der Waals surface area (Å²) in [6.07, 6.45) is 5.54. The molecule has 0 aliphatic heterocycles. The summed E-state index contributed by atoms with van der Waals surface area (Å²) >= 11 is 0. The van der Waals surface area contributed by atoms with E-state index < -0.39 is 20.6 Å². The maximum Gasteiger partial charge on any atom is 0.227 e. The van der Waals surface area contributed by atoms with Gasteiger partial charge in [-0.3, -0.25) is 0 Å². The third-order valence-corrected chi connectivity index (χ3v) is 18.9. The molecule has 0 saturated carbocycles. The van der Waals surface area contributed by atoms with Crippen LogP contribution in [0.4, 0.5) is 0 Å². The van der Waals surface area contributed by atoms with Gasteiger partial charge in [-0.05, 0) is 181 Å². The van der Waals surface area contributed by atoms with Gasteiger partial charge in [0.15, 0.2) is 18.6 Å². The number of aromatic nitrogens is 5. The van der Waals surface area contributed by atoms with Gasteiger partial charge in [0.2, 0.25) is 28.5 Å². The molecule has 0 aliphatic rings. The molecule has 0 amide bonds. The van der Waals surface area contributed by atoms with Crippen molar-refractivity contribution in [3.8, 4) is 67.2 Å². The molecule has 0 bridgehead atoms. The molecule has 18 rings (SSSR count). The minimum absolute atomic E-state index is 0.297. The minimum atomic E-state index is -2.26. The Labute approximate surface area is 575 Å². The van der Waals surface area contributed by atoms with E-state index in [4.69, 9.17) is 35.6 Å². The van der Waals surface area contributed by atoms with Crippen LogP contribution in [0.25, 0.3) is 166 Å². The van der Waals surface area contributed by atoms with Crippen LogP contribution in [0.15, 0.2) is 268 Å². The number of pyridine rings is 5. The van der Waals surface area contributed by atoms with E-state index in [2.05, 4.69) is 136 Å². The monoisotopic (exact) mass is 1270 g/mol. The SMILES string of the molecule is Cc1cc2c(cc1-c1cc(-c3ccccc3)cc[n+]1C)oc1nc3c(C)cccc3cc12.[2H]C([2H])([2H])c1c[n+](C)c(-c2cc3oc4nc5ccccc5cc4c3cc2C)cc1-c1ccccc1.[2H]C([2H])([2H])c1ccc2cc3oc4cc(-c5cc(-c6ccccc6)c(C([2H])([2H])[2H])c[n+]5C)c(C)cc4c3cc2c1. The fraction of sp³-hybridized carbons (Fsp3) is 0.112. The second-order valence-corrected chi connectivity index (χ2v) is 25.4. The summed E-state index contributed by atoms with van der Waals surface area (Å²) in [7, 11) is 5.83. The molecule has 8 aromatic heterocycles. The number of para-hydroxylation sites is 2. The van der Waals surface area contributed by atoms with E-state index in [-0.39, 0.29) is 0 Å². The zero-order valence-corrected chi connectivity index (χ0v) is 54.7. The Bertz CT molecular complexity index is 6560. The second-order valence-electron chi connectivity index (χ2n) is 25.4. The van der Waals surface area contributed by atoms with Gasteiger partial charge < -0.3 is 13.3 Å². The van der Waals surface area contributed by atoms with E-state index in [0.717, 1.165) is 143 Å². The number of hydrogen-bond acceptors (Lipinski definition) is 5. The molecule has 0 aliphatic carbocycles. The predicted octanol–water partition coefficient (Wildman–Crippen LogP) is 21.6. The standard InChI is InChI=1S/C31H26NO.2C29H23N2O/c1-19-10-11-23-15-30-28(14-24(23)12-19)27-13-20(2)26(17-31(27)33-30)29-16-25(21(3)18-32(29)4)22-8-6-5-7-9-22;1-18-8-7-11-22-15-25-24-14-19(2)23(17-27(24)32-29(25)30-28(18)22)26-16-21(12-13-31(26)3)20-9-5-4-6-10-20;1-18-13-24-25-14-21-11-7-8-12-26(21)30-29(25)32-28(24)16-23(18)27-15-22(19(2)17-31(27)3)20-9-5-4-6-10-20/h5-18H,1-4H3;2*4-17H,1-3H3/q3*+1/i1D3,3D3;;2D3. The van der Waals surface area contributed by atoms with Gasteiger partial charge in [-0.2, -0.15) is 0 Å². The number of hydrogen-bond donors (Lipinski definition) is 0. The third-order valence-electron chi connectivity index (χ3n) is 18.9.